The van der Waals surface area contributed by atoms with Crippen molar-refractivity contribution in [1.29, 1.82) is 0 Å². The van der Waals surface area contributed by atoms with Gasteiger partial charge in [0.1, 0.15) is 11.4 Å². The minimum atomic E-state index is -0.0929. The van der Waals surface area contributed by atoms with E-state index in [4.69, 9.17) is 10.5 Å². The van der Waals surface area contributed by atoms with Gasteiger partial charge in [0.2, 0.25) is 5.78 Å². The molecule has 4 nitrogen and oxygen atoms in total. The third kappa shape index (κ3) is 1.82. The van der Waals surface area contributed by atoms with Crippen molar-refractivity contribution in [2.24, 2.45) is 0 Å². The Morgan fingerprint density at radius 3 is 2.94 bits per heavy atom. The highest BCUT2D eigenvalue weighted by atomic mass is 16.5. The van der Waals surface area contributed by atoms with Crippen LogP contribution in [0, 0.1) is 0 Å². The molecule has 0 saturated carbocycles. The van der Waals surface area contributed by atoms with Crippen molar-refractivity contribution in [3.63, 3.8) is 0 Å². The molecule has 0 amide bonds. The van der Waals surface area contributed by atoms with Gasteiger partial charge < -0.3 is 10.5 Å². The second-order valence-electron chi connectivity index (χ2n) is 4.23. The van der Waals surface area contributed by atoms with Crippen LogP contribution in [0.3, 0.4) is 0 Å². The predicted molar refractivity (Wildman–Crippen MR) is 67.7 cm³/mol. The molecule has 4 heteroatoms. The maximum Gasteiger partial charge on any atom is 0.211 e. The van der Waals surface area contributed by atoms with E-state index in [0.29, 0.717) is 23.6 Å². The zero-order valence-corrected chi connectivity index (χ0v) is 9.72. The molecule has 2 N–H and O–H groups in total. The lowest BCUT2D eigenvalue weighted by Gasteiger charge is -2.03. The lowest BCUT2D eigenvalue weighted by atomic mass is 10.0. The van der Waals surface area contributed by atoms with Crippen LogP contribution in [0.4, 0.5) is 5.69 Å². The van der Waals surface area contributed by atoms with E-state index in [0.717, 1.165) is 17.7 Å². The summed E-state index contributed by atoms with van der Waals surface area (Å²) in [5.74, 6) is 0.779. The summed E-state index contributed by atoms with van der Waals surface area (Å²) in [5, 5.41) is 0. The van der Waals surface area contributed by atoms with Crippen molar-refractivity contribution in [1.82, 2.24) is 4.98 Å². The van der Waals surface area contributed by atoms with Crippen molar-refractivity contribution < 1.29 is 9.53 Å². The molecule has 0 fully saturated rings. The third-order valence-corrected chi connectivity index (χ3v) is 2.97. The second-order valence-corrected chi connectivity index (χ2v) is 4.23. The molecule has 1 aliphatic heterocycles. The minimum absolute atomic E-state index is 0.0929. The Labute approximate surface area is 104 Å². The van der Waals surface area contributed by atoms with E-state index in [-0.39, 0.29) is 5.78 Å². The van der Waals surface area contributed by atoms with Gasteiger partial charge in [-0.2, -0.15) is 0 Å². The summed E-state index contributed by atoms with van der Waals surface area (Å²) in [6.45, 7) is 0.688. The van der Waals surface area contributed by atoms with E-state index >= 15 is 0 Å². The molecule has 0 saturated heterocycles. The first-order chi connectivity index (χ1) is 8.74. The first-order valence-electron chi connectivity index (χ1n) is 5.76. The number of nitrogens with two attached hydrogens (primary N) is 1. The fourth-order valence-corrected chi connectivity index (χ4v) is 2.02. The molecular weight excluding hydrogens is 228 g/mol. The molecule has 0 aliphatic carbocycles. The van der Waals surface area contributed by atoms with Gasteiger partial charge in [0, 0.05) is 12.0 Å². The van der Waals surface area contributed by atoms with Crippen molar-refractivity contribution in [2.75, 3.05) is 12.3 Å². The number of anilines is 1. The monoisotopic (exact) mass is 240 g/mol. The lowest BCUT2D eigenvalue weighted by Crippen LogP contribution is -2.04. The SMILES string of the molecule is Nc1ccc(C(=O)c2ccc3c(c2)CCO3)nc1. The molecule has 1 aromatic carbocycles. The summed E-state index contributed by atoms with van der Waals surface area (Å²) < 4.78 is 5.41. The molecule has 90 valence electrons. The standard InChI is InChI=1S/C14H12N2O2/c15-11-2-3-12(16-8-11)14(17)10-1-4-13-9(7-10)5-6-18-13/h1-4,7-8H,5-6,15H2. The lowest BCUT2D eigenvalue weighted by molar-refractivity contribution is 0.103. The maximum absolute atomic E-state index is 12.2. The number of nitrogen functional groups attached to an aromatic ring is 1. The summed E-state index contributed by atoms with van der Waals surface area (Å²) in [7, 11) is 0. The third-order valence-electron chi connectivity index (χ3n) is 2.97. The fourth-order valence-electron chi connectivity index (χ4n) is 2.02. The van der Waals surface area contributed by atoms with Crippen LogP contribution in [0.5, 0.6) is 5.75 Å². The van der Waals surface area contributed by atoms with Gasteiger partial charge in [-0.3, -0.25) is 9.78 Å². The molecule has 0 bridgehead atoms. The highest BCUT2D eigenvalue weighted by molar-refractivity contribution is 6.08. The number of nitrogens with zero attached hydrogens (tertiary/aromatic N) is 1. The number of pyridine rings is 1. The number of hydrogen-bond acceptors (Lipinski definition) is 4. The second kappa shape index (κ2) is 4.14. The normalized spacial score (nSPS) is 12.9. The fraction of sp³-hybridized carbons (Fsp3) is 0.143. The van der Waals surface area contributed by atoms with Gasteiger partial charge in [-0.25, -0.2) is 0 Å². The van der Waals surface area contributed by atoms with E-state index in [2.05, 4.69) is 4.98 Å². The van der Waals surface area contributed by atoms with Crippen LogP contribution >= 0.6 is 0 Å². The summed E-state index contributed by atoms with van der Waals surface area (Å²) in [6, 6.07) is 8.80. The van der Waals surface area contributed by atoms with Gasteiger partial charge in [-0.1, -0.05) is 0 Å². The van der Waals surface area contributed by atoms with Crippen molar-refractivity contribution in [2.45, 2.75) is 6.42 Å². The van der Waals surface area contributed by atoms with E-state index in [1.165, 1.54) is 6.20 Å². The molecular formula is C14H12N2O2. The van der Waals surface area contributed by atoms with Crippen LogP contribution in [0.2, 0.25) is 0 Å². The molecule has 1 aromatic heterocycles. The Kier molecular flexibility index (Phi) is 2.48. The molecule has 2 aromatic rings. The number of rotatable bonds is 2. The van der Waals surface area contributed by atoms with Gasteiger partial charge in [0.15, 0.2) is 0 Å². The zero-order chi connectivity index (χ0) is 12.5. The Bertz CT molecular complexity index is 606. The van der Waals surface area contributed by atoms with Crippen LogP contribution < -0.4 is 10.5 Å². The average Bonchev–Trinajstić information content (AvgIpc) is 2.86. The van der Waals surface area contributed by atoms with Gasteiger partial charge in [-0.15, -0.1) is 0 Å². The number of carbonyl (C=O) groups is 1. The Morgan fingerprint density at radius 1 is 1.28 bits per heavy atom. The first-order valence-corrected chi connectivity index (χ1v) is 5.76. The number of benzene rings is 1. The Morgan fingerprint density at radius 2 is 2.17 bits per heavy atom. The topological polar surface area (TPSA) is 65.2 Å². The van der Waals surface area contributed by atoms with Crippen molar-refractivity contribution in [3.8, 4) is 5.75 Å². The summed E-state index contributed by atoms with van der Waals surface area (Å²) in [4.78, 5) is 16.3. The van der Waals surface area contributed by atoms with Gasteiger partial charge in [-0.05, 0) is 35.9 Å². The first kappa shape index (κ1) is 10.8. The molecule has 2 heterocycles. The Balaban J connectivity index is 1.95. The molecule has 0 radical (unpaired) electrons. The zero-order valence-electron chi connectivity index (χ0n) is 9.72. The minimum Gasteiger partial charge on any atom is -0.493 e. The van der Waals surface area contributed by atoms with Crippen molar-refractivity contribution >= 4 is 11.5 Å². The molecule has 1 aliphatic rings. The van der Waals surface area contributed by atoms with Gasteiger partial charge >= 0.3 is 0 Å². The summed E-state index contributed by atoms with van der Waals surface area (Å²) in [6.07, 6.45) is 2.34. The molecule has 3 rings (SSSR count). The van der Waals surface area contributed by atoms with Gasteiger partial charge in [0.25, 0.3) is 0 Å². The Hall–Kier alpha value is -2.36. The molecule has 0 atom stereocenters. The number of ether oxygens (including phenoxy) is 1. The number of aromatic nitrogens is 1. The van der Waals surface area contributed by atoms with E-state index in [1.807, 2.05) is 12.1 Å². The van der Waals surface area contributed by atoms with Crippen LogP contribution in [-0.2, 0) is 6.42 Å². The molecule has 0 spiro atoms. The molecule has 18 heavy (non-hydrogen) atoms. The van der Waals surface area contributed by atoms with E-state index in [9.17, 15) is 4.79 Å². The summed E-state index contributed by atoms with van der Waals surface area (Å²) >= 11 is 0. The van der Waals surface area contributed by atoms with Gasteiger partial charge in [0.05, 0.1) is 18.5 Å². The van der Waals surface area contributed by atoms with Crippen LogP contribution in [-0.4, -0.2) is 17.4 Å². The number of hydrogen-bond donors (Lipinski definition) is 1. The predicted octanol–water partition coefficient (Wildman–Crippen LogP) is 1.83. The highest BCUT2D eigenvalue weighted by Crippen LogP contribution is 2.26. The van der Waals surface area contributed by atoms with E-state index in [1.54, 1.807) is 18.2 Å². The van der Waals surface area contributed by atoms with Crippen molar-refractivity contribution in [3.05, 3.63) is 53.3 Å². The van der Waals surface area contributed by atoms with Crippen LogP contribution in [0.1, 0.15) is 21.6 Å². The summed E-state index contributed by atoms with van der Waals surface area (Å²) in [5.41, 5.74) is 8.22. The van der Waals surface area contributed by atoms with E-state index < -0.39 is 0 Å². The smallest absolute Gasteiger partial charge is 0.211 e. The van der Waals surface area contributed by atoms with Crippen LogP contribution in [0.15, 0.2) is 36.5 Å². The number of ketones is 1. The quantitative estimate of drug-likeness (QED) is 0.813. The largest absolute Gasteiger partial charge is 0.493 e. The number of fused-ring (bicyclic) bond motifs is 1. The number of carbonyl (C=O) groups excluding carboxylic acids is 1. The highest BCUT2D eigenvalue weighted by Gasteiger charge is 2.16. The van der Waals surface area contributed by atoms with Crippen LogP contribution in [0.25, 0.3) is 0 Å². The average molecular weight is 240 g/mol. The maximum atomic E-state index is 12.2. The molecule has 0 unspecified atom stereocenters.